The van der Waals surface area contributed by atoms with E-state index in [2.05, 4.69) is 22.4 Å². The van der Waals surface area contributed by atoms with Crippen LogP contribution in [-0.2, 0) is 17.9 Å². The maximum absolute atomic E-state index is 13.5. The van der Waals surface area contributed by atoms with E-state index in [-0.39, 0.29) is 18.5 Å². The summed E-state index contributed by atoms with van der Waals surface area (Å²) in [6.07, 6.45) is 1.26. The minimum Gasteiger partial charge on any atom is -0.497 e. The highest BCUT2D eigenvalue weighted by Crippen LogP contribution is 2.37. The molecule has 5 rings (SSSR count). The van der Waals surface area contributed by atoms with Crippen molar-refractivity contribution in [3.63, 3.8) is 0 Å². The number of nitrogens with zero attached hydrogens (tertiary/aromatic N) is 4. The lowest BCUT2D eigenvalue weighted by molar-refractivity contribution is -0.135. The average molecular weight is 477 g/mol. The van der Waals surface area contributed by atoms with Crippen LogP contribution in [0.4, 0.5) is 4.79 Å². The molecule has 2 aromatic carbocycles. The van der Waals surface area contributed by atoms with Gasteiger partial charge in [-0.15, -0.1) is 11.3 Å². The smallest absolute Gasteiger partial charge is 0.327 e. The molecule has 34 heavy (non-hydrogen) atoms. The number of benzene rings is 2. The fraction of sp³-hybridized carbons (Fsp3) is 0.346. The molecule has 0 bridgehead atoms. The molecular weight excluding hydrogens is 448 g/mol. The molecule has 176 valence electrons. The summed E-state index contributed by atoms with van der Waals surface area (Å²) in [6, 6.07) is 17.4. The second kappa shape index (κ2) is 9.19. The van der Waals surface area contributed by atoms with Crippen molar-refractivity contribution in [1.82, 2.24) is 19.7 Å². The molecule has 0 atom stereocenters. The van der Waals surface area contributed by atoms with Crippen LogP contribution in [0.1, 0.15) is 23.4 Å². The first-order valence-corrected chi connectivity index (χ1v) is 12.3. The quantitative estimate of drug-likeness (QED) is 0.498. The molecule has 7 nitrogen and oxygen atoms in total. The lowest BCUT2D eigenvalue weighted by Crippen LogP contribution is -2.55. The van der Waals surface area contributed by atoms with Crippen LogP contribution in [0.3, 0.4) is 0 Å². The SMILES string of the molecule is COc1ccc(CN2C(=O)N(C)C3(CCN(Cc4nc(-c5ccccc5)cs4)CC3)C2=O)cc1. The highest BCUT2D eigenvalue weighted by Gasteiger charge is 2.56. The number of hydrogen-bond donors (Lipinski definition) is 0. The summed E-state index contributed by atoms with van der Waals surface area (Å²) in [5.41, 5.74) is 2.28. The maximum Gasteiger partial charge on any atom is 0.327 e. The molecule has 2 saturated heterocycles. The molecule has 1 aromatic heterocycles. The molecule has 0 aliphatic carbocycles. The van der Waals surface area contributed by atoms with Crippen molar-refractivity contribution in [3.05, 3.63) is 70.5 Å². The molecule has 2 aliphatic heterocycles. The number of thiazole rings is 1. The fourth-order valence-corrected chi connectivity index (χ4v) is 5.69. The van der Waals surface area contributed by atoms with Crippen LogP contribution in [0, 0.1) is 0 Å². The van der Waals surface area contributed by atoms with Crippen LogP contribution in [0.2, 0.25) is 0 Å². The zero-order valence-corrected chi connectivity index (χ0v) is 20.3. The molecule has 2 fully saturated rings. The van der Waals surface area contributed by atoms with Crippen LogP contribution in [0.25, 0.3) is 11.3 Å². The Morgan fingerprint density at radius 2 is 1.71 bits per heavy atom. The van der Waals surface area contributed by atoms with Crippen LogP contribution < -0.4 is 4.74 Å². The van der Waals surface area contributed by atoms with E-state index >= 15 is 0 Å². The predicted molar refractivity (Wildman–Crippen MR) is 131 cm³/mol. The van der Waals surface area contributed by atoms with Crippen LogP contribution in [0.5, 0.6) is 5.75 Å². The number of methoxy groups -OCH3 is 1. The van der Waals surface area contributed by atoms with Crippen LogP contribution in [-0.4, -0.2) is 64.4 Å². The van der Waals surface area contributed by atoms with Crippen molar-refractivity contribution in [1.29, 1.82) is 0 Å². The van der Waals surface area contributed by atoms with Gasteiger partial charge >= 0.3 is 6.03 Å². The van der Waals surface area contributed by atoms with Gasteiger partial charge in [-0.2, -0.15) is 0 Å². The molecule has 1 spiro atoms. The molecule has 0 unspecified atom stereocenters. The summed E-state index contributed by atoms with van der Waals surface area (Å²) >= 11 is 1.67. The number of piperidine rings is 1. The predicted octanol–water partition coefficient (Wildman–Crippen LogP) is 4.25. The maximum atomic E-state index is 13.5. The number of rotatable bonds is 6. The summed E-state index contributed by atoms with van der Waals surface area (Å²) in [6.45, 7) is 2.54. The first-order valence-electron chi connectivity index (χ1n) is 11.4. The minimum atomic E-state index is -0.752. The number of amides is 3. The second-order valence-corrected chi connectivity index (χ2v) is 9.82. The van der Waals surface area contributed by atoms with E-state index in [9.17, 15) is 9.59 Å². The largest absolute Gasteiger partial charge is 0.497 e. The number of urea groups is 1. The Morgan fingerprint density at radius 3 is 2.38 bits per heavy atom. The third-order valence-electron chi connectivity index (χ3n) is 6.97. The number of ether oxygens (including phenoxy) is 1. The summed E-state index contributed by atoms with van der Waals surface area (Å²) in [5.74, 6) is 0.663. The summed E-state index contributed by atoms with van der Waals surface area (Å²) in [5, 5.41) is 3.17. The van der Waals surface area contributed by atoms with Gasteiger partial charge in [0.1, 0.15) is 16.3 Å². The van der Waals surface area contributed by atoms with E-state index in [1.807, 2.05) is 42.5 Å². The molecule has 0 radical (unpaired) electrons. The zero-order valence-electron chi connectivity index (χ0n) is 19.4. The normalized spacial score (nSPS) is 18.2. The Bertz CT molecular complexity index is 1170. The molecule has 0 N–H and O–H groups in total. The Labute approximate surface area is 203 Å². The Morgan fingerprint density at radius 1 is 1.00 bits per heavy atom. The number of imide groups is 1. The van der Waals surface area contributed by atoms with Gasteiger partial charge in [0.05, 0.1) is 25.9 Å². The molecule has 3 aromatic rings. The van der Waals surface area contributed by atoms with Gasteiger partial charge in [0.15, 0.2) is 0 Å². The summed E-state index contributed by atoms with van der Waals surface area (Å²) < 4.78 is 5.20. The molecule has 3 heterocycles. The van der Waals surface area contributed by atoms with Gasteiger partial charge in [0, 0.05) is 31.1 Å². The third-order valence-corrected chi connectivity index (χ3v) is 7.80. The van der Waals surface area contributed by atoms with Crippen molar-refractivity contribution in [3.8, 4) is 17.0 Å². The first-order chi connectivity index (χ1) is 16.5. The van der Waals surface area contributed by atoms with Crippen molar-refractivity contribution in [2.24, 2.45) is 0 Å². The Hall–Kier alpha value is -3.23. The Kier molecular flexibility index (Phi) is 6.10. The highest BCUT2D eigenvalue weighted by molar-refractivity contribution is 7.09. The van der Waals surface area contributed by atoms with E-state index in [1.165, 1.54) is 4.90 Å². The molecule has 3 amide bonds. The number of likely N-dealkylation sites (N-methyl/N-ethyl adjacent to an activating group) is 1. The van der Waals surface area contributed by atoms with E-state index in [4.69, 9.17) is 9.72 Å². The molecule has 0 saturated carbocycles. The van der Waals surface area contributed by atoms with Crippen LogP contribution >= 0.6 is 11.3 Å². The highest BCUT2D eigenvalue weighted by atomic mass is 32.1. The monoisotopic (exact) mass is 476 g/mol. The van der Waals surface area contributed by atoms with E-state index < -0.39 is 5.54 Å². The van der Waals surface area contributed by atoms with E-state index in [1.54, 1.807) is 30.4 Å². The molecular formula is C26H28N4O3S. The van der Waals surface area contributed by atoms with Crippen molar-refractivity contribution >= 4 is 23.3 Å². The standard InChI is InChI=1S/C26H28N4O3S/c1-28-25(32)30(16-19-8-10-21(33-2)11-9-19)24(31)26(28)12-14-29(15-13-26)17-23-27-22(18-34-23)20-6-4-3-5-7-20/h3-11,18H,12-17H2,1-2H3. The van der Waals surface area contributed by atoms with Gasteiger partial charge in [-0.25, -0.2) is 9.78 Å². The fourth-order valence-electron chi connectivity index (χ4n) is 4.85. The number of carbonyl (C=O) groups is 2. The number of carbonyl (C=O) groups excluding carboxylic acids is 2. The lowest BCUT2D eigenvalue weighted by atomic mass is 9.86. The van der Waals surface area contributed by atoms with Gasteiger partial charge in [-0.05, 0) is 30.5 Å². The second-order valence-electron chi connectivity index (χ2n) is 8.88. The van der Waals surface area contributed by atoms with Gasteiger partial charge in [-0.1, -0.05) is 42.5 Å². The topological polar surface area (TPSA) is 66.0 Å². The molecule has 8 heteroatoms. The van der Waals surface area contributed by atoms with Crippen LogP contribution in [0.15, 0.2) is 60.0 Å². The van der Waals surface area contributed by atoms with E-state index in [0.29, 0.717) is 12.8 Å². The number of likely N-dealkylation sites (tertiary alicyclic amines) is 1. The van der Waals surface area contributed by atoms with E-state index in [0.717, 1.165) is 47.2 Å². The summed E-state index contributed by atoms with van der Waals surface area (Å²) in [4.78, 5) is 36.7. The van der Waals surface area contributed by atoms with Gasteiger partial charge in [0.25, 0.3) is 5.91 Å². The van der Waals surface area contributed by atoms with Gasteiger partial charge in [0.2, 0.25) is 0 Å². The first kappa shape index (κ1) is 22.6. The molecule has 2 aliphatic rings. The zero-order chi connectivity index (χ0) is 23.7. The van der Waals surface area contributed by atoms with Crippen molar-refractivity contribution in [2.45, 2.75) is 31.5 Å². The van der Waals surface area contributed by atoms with Gasteiger partial charge < -0.3 is 9.64 Å². The van der Waals surface area contributed by atoms with Crippen molar-refractivity contribution < 1.29 is 14.3 Å². The Balaban J connectivity index is 1.23. The number of hydrogen-bond acceptors (Lipinski definition) is 6. The lowest BCUT2D eigenvalue weighted by Gasteiger charge is -2.40. The minimum absolute atomic E-state index is 0.0870. The third kappa shape index (κ3) is 4.08. The van der Waals surface area contributed by atoms with Gasteiger partial charge in [-0.3, -0.25) is 14.6 Å². The number of aromatic nitrogens is 1. The van der Waals surface area contributed by atoms with Crippen molar-refractivity contribution in [2.75, 3.05) is 27.2 Å². The summed E-state index contributed by atoms with van der Waals surface area (Å²) in [7, 11) is 3.38. The average Bonchev–Trinajstić information content (AvgIpc) is 3.41.